The highest BCUT2D eigenvalue weighted by molar-refractivity contribution is 5.84. The van der Waals surface area contributed by atoms with Gasteiger partial charge in [-0.25, -0.2) is 4.79 Å². The van der Waals surface area contributed by atoms with E-state index in [4.69, 9.17) is 14.6 Å². The third-order valence-corrected chi connectivity index (χ3v) is 3.14. The minimum Gasteiger partial charge on any atom is -0.488 e. The zero-order chi connectivity index (χ0) is 15.9. The van der Waals surface area contributed by atoms with Crippen molar-refractivity contribution in [2.45, 2.75) is 20.5 Å². The molecule has 22 heavy (non-hydrogen) atoms. The number of carboxylic acid groups (broad SMARTS) is 1. The van der Waals surface area contributed by atoms with Crippen LogP contribution in [0.15, 0.2) is 60.4 Å². The first-order valence-electron chi connectivity index (χ1n) is 6.95. The molecule has 0 saturated carbocycles. The fourth-order valence-corrected chi connectivity index (χ4v) is 1.94. The molecule has 1 N–H and O–H groups in total. The molecule has 0 unspecified atom stereocenters. The topological polar surface area (TPSA) is 55.8 Å². The number of hydrogen-bond donors (Lipinski definition) is 1. The molecule has 2 aromatic carbocycles. The van der Waals surface area contributed by atoms with E-state index in [9.17, 15) is 4.79 Å². The summed E-state index contributed by atoms with van der Waals surface area (Å²) in [6, 6.07) is 15.0. The van der Waals surface area contributed by atoms with E-state index in [-0.39, 0.29) is 5.76 Å². The van der Waals surface area contributed by atoms with Gasteiger partial charge < -0.3 is 14.6 Å². The molecule has 0 spiro atoms. The quantitative estimate of drug-likeness (QED) is 0.648. The zero-order valence-electron chi connectivity index (χ0n) is 12.6. The summed E-state index contributed by atoms with van der Waals surface area (Å²) in [5, 5.41) is 9.05. The van der Waals surface area contributed by atoms with Gasteiger partial charge in [-0.1, -0.05) is 36.4 Å². The molecule has 4 heteroatoms. The molecule has 0 aliphatic heterocycles. The summed E-state index contributed by atoms with van der Waals surface area (Å²) in [6.45, 7) is 3.90. The lowest BCUT2D eigenvalue weighted by Gasteiger charge is -2.13. The number of carbonyl (C=O) groups is 1. The minimum atomic E-state index is -1.10. The van der Waals surface area contributed by atoms with E-state index in [1.165, 1.54) is 6.08 Å². The van der Waals surface area contributed by atoms with Gasteiger partial charge in [0.25, 0.3) is 0 Å². The predicted octanol–water partition coefficient (Wildman–Crippen LogP) is 3.94. The van der Waals surface area contributed by atoms with E-state index >= 15 is 0 Å². The van der Waals surface area contributed by atoms with Gasteiger partial charge in [0.05, 0.1) is 0 Å². The number of aliphatic carboxylic acids is 1. The van der Waals surface area contributed by atoms with Gasteiger partial charge in [0.15, 0.2) is 0 Å². The Bertz CT molecular complexity index is 689. The van der Waals surface area contributed by atoms with Crippen LogP contribution in [0.1, 0.15) is 18.1 Å². The highest BCUT2D eigenvalue weighted by atomic mass is 16.5. The standard InChI is InChI=1S/C18H18O4/c1-3-15(18(19)20)22-17-11-7-5-9-14(17)12-21-16-10-6-4-8-13(16)2/h3-11H,12H2,1-2H3,(H,19,20). The third-order valence-electron chi connectivity index (χ3n) is 3.14. The zero-order valence-corrected chi connectivity index (χ0v) is 12.6. The van der Waals surface area contributed by atoms with Gasteiger partial charge in [-0.15, -0.1) is 0 Å². The van der Waals surface area contributed by atoms with Crippen molar-refractivity contribution in [3.63, 3.8) is 0 Å². The Kier molecular flexibility index (Phi) is 5.20. The monoisotopic (exact) mass is 298 g/mol. The third kappa shape index (κ3) is 3.88. The fourth-order valence-electron chi connectivity index (χ4n) is 1.94. The average molecular weight is 298 g/mol. The minimum absolute atomic E-state index is 0.108. The summed E-state index contributed by atoms with van der Waals surface area (Å²) in [5.74, 6) is 0.0637. The molecule has 0 fully saturated rings. The van der Waals surface area contributed by atoms with E-state index < -0.39 is 5.97 Å². The van der Waals surface area contributed by atoms with E-state index in [0.29, 0.717) is 12.4 Å². The van der Waals surface area contributed by atoms with Crippen LogP contribution >= 0.6 is 0 Å². The summed E-state index contributed by atoms with van der Waals surface area (Å²) in [4.78, 5) is 11.0. The predicted molar refractivity (Wildman–Crippen MR) is 84.0 cm³/mol. The van der Waals surface area contributed by atoms with Crippen LogP contribution in [0.4, 0.5) is 0 Å². The molecule has 0 atom stereocenters. The van der Waals surface area contributed by atoms with Crippen molar-refractivity contribution in [2.75, 3.05) is 0 Å². The van der Waals surface area contributed by atoms with Crippen molar-refractivity contribution in [3.8, 4) is 11.5 Å². The second-order valence-electron chi connectivity index (χ2n) is 4.72. The largest absolute Gasteiger partial charge is 0.488 e. The molecule has 0 bridgehead atoms. The van der Waals surface area contributed by atoms with Gasteiger partial charge in [0.1, 0.15) is 18.1 Å². The van der Waals surface area contributed by atoms with Gasteiger partial charge in [0, 0.05) is 5.56 Å². The Hall–Kier alpha value is -2.75. The van der Waals surface area contributed by atoms with Crippen LogP contribution in [0.2, 0.25) is 0 Å². The lowest BCUT2D eigenvalue weighted by Crippen LogP contribution is -2.09. The Morgan fingerprint density at radius 1 is 1.09 bits per heavy atom. The van der Waals surface area contributed by atoms with Crippen LogP contribution < -0.4 is 9.47 Å². The SMILES string of the molecule is CC=C(Oc1ccccc1COc1ccccc1C)C(=O)O. The van der Waals surface area contributed by atoms with Crippen molar-refractivity contribution in [1.82, 2.24) is 0 Å². The maximum Gasteiger partial charge on any atom is 0.371 e. The Labute approximate surface area is 129 Å². The Morgan fingerprint density at radius 3 is 2.36 bits per heavy atom. The maximum absolute atomic E-state index is 11.0. The summed E-state index contributed by atoms with van der Waals surface area (Å²) in [7, 11) is 0. The van der Waals surface area contributed by atoms with Crippen molar-refractivity contribution in [1.29, 1.82) is 0 Å². The number of allylic oxidation sites excluding steroid dienone is 1. The molecule has 2 aromatic rings. The molecule has 0 aliphatic carbocycles. The number of aryl methyl sites for hydroxylation is 1. The molecular formula is C18H18O4. The van der Waals surface area contributed by atoms with Crippen molar-refractivity contribution < 1.29 is 19.4 Å². The molecule has 0 aliphatic rings. The fraction of sp³-hybridized carbons (Fsp3) is 0.167. The van der Waals surface area contributed by atoms with E-state index in [1.54, 1.807) is 19.1 Å². The maximum atomic E-state index is 11.0. The summed E-state index contributed by atoms with van der Waals surface area (Å²) < 4.78 is 11.2. The highest BCUT2D eigenvalue weighted by Crippen LogP contribution is 2.24. The molecule has 2 rings (SSSR count). The van der Waals surface area contributed by atoms with Gasteiger partial charge in [-0.05, 0) is 37.6 Å². The lowest BCUT2D eigenvalue weighted by molar-refractivity contribution is -0.135. The van der Waals surface area contributed by atoms with Crippen LogP contribution in [-0.2, 0) is 11.4 Å². The van der Waals surface area contributed by atoms with E-state index in [1.807, 2.05) is 43.3 Å². The normalized spacial score (nSPS) is 11.1. The first-order valence-corrected chi connectivity index (χ1v) is 6.95. The Balaban J connectivity index is 2.15. The van der Waals surface area contributed by atoms with Crippen molar-refractivity contribution in [3.05, 3.63) is 71.5 Å². The molecule has 4 nitrogen and oxygen atoms in total. The van der Waals surface area contributed by atoms with Crippen LogP contribution in [-0.4, -0.2) is 11.1 Å². The van der Waals surface area contributed by atoms with Crippen LogP contribution in [0.5, 0.6) is 11.5 Å². The molecule has 0 saturated heterocycles. The first-order chi connectivity index (χ1) is 10.6. The second kappa shape index (κ2) is 7.31. The molecule has 0 amide bonds. The van der Waals surface area contributed by atoms with Gasteiger partial charge in [-0.2, -0.15) is 0 Å². The number of benzene rings is 2. The Morgan fingerprint density at radius 2 is 1.73 bits per heavy atom. The smallest absolute Gasteiger partial charge is 0.371 e. The number of rotatable bonds is 6. The van der Waals surface area contributed by atoms with Crippen LogP contribution in [0, 0.1) is 6.92 Å². The highest BCUT2D eigenvalue weighted by Gasteiger charge is 2.12. The summed E-state index contributed by atoms with van der Waals surface area (Å²) >= 11 is 0. The summed E-state index contributed by atoms with van der Waals surface area (Å²) in [5.41, 5.74) is 1.83. The van der Waals surface area contributed by atoms with E-state index in [0.717, 1.165) is 16.9 Å². The van der Waals surface area contributed by atoms with Crippen molar-refractivity contribution >= 4 is 5.97 Å². The van der Waals surface area contributed by atoms with Gasteiger partial charge >= 0.3 is 5.97 Å². The molecule has 114 valence electrons. The van der Waals surface area contributed by atoms with Crippen LogP contribution in [0.25, 0.3) is 0 Å². The summed E-state index contributed by atoms with van der Waals surface area (Å²) in [6.07, 6.45) is 1.42. The number of para-hydroxylation sites is 2. The van der Waals surface area contributed by atoms with Crippen LogP contribution in [0.3, 0.4) is 0 Å². The lowest BCUT2D eigenvalue weighted by atomic mass is 10.2. The number of ether oxygens (including phenoxy) is 2. The van der Waals surface area contributed by atoms with Gasteiger partial charge in [-0.3, -0.25) is 0 Å². The van der Waals surface area contributed by atoms with E-state index in [2.05, 4.69) is 0 Å². The van der Waals surface area contributed by atoms with Crippen molar-refractivity contribution in [2.24, 2.45) is 0 Å². The number of carboxylic acids is 1. The molecule has 0 heterocycles. The average Bonchev–Trinajstić information content (AvgIpc) is 2.52. The molecule has 0 aromatic heterocycles. The van der Waals surface area contributed by atoms with Gasteiger partial charge in [0.2, 0.25) is 5.76 Å². The first kappa shape index (κ1) is 15.6. The molecule has 0 radical (unpaired) electrons. The molecular weight excluding hydrogens is 280 g/mol. The number of hydrogen-bond acceptors (Lipinski definition) is 3. The second-order valence-corrected chi connectivity index (χ2v) is 4.72.